The maximum Gasteiger partial charge on any atom is 0.346 e. The van der Waals surface area contributed by atoms with E-state index in [2.05, 4.69) is 0 Å². The molecule has 0 aliphatic rings. The molecule has 124 valence electrons. The molecule has 0 spiro atoms. The van der Waals surface area contributed by atoms with Gasteiger partial charge in [-0.15, -0.1) is 0 Å². The monoisotopic (exact) mass is 338 g/mol. The number of carboxylic acid groups (broad SMARTS) is 1. The molecule has 0 aliphatic heterocycles. The van der Waals surface area contributed by atoms with E-state index in [4.69, 9.17) is 31.4 Å². The number of methoxy groups -OCH3 is 1. The zero-order valence-corrected chi connectivity index (χ0v) is 14.1. The first-order valence-corrected chi connectivity index (χ1v) is 7.27. The predicted octanol–water partition coefficient (Wildman–Crippen LogP) is 2.67. The zero-order valence-electron chi connectivity index (χ0n) is 13.3. The molecule has 0 bridgehead atoms. The van der Waals surface area contributed by atoms with Crippen molar-refractivity contribution in [2.75, 3.05) is 34.4 Å². The van der Waals surface area contributed by atoms with Gasteiger partial charge < -0.3 is 19.5 Å². The number of hydrogen-bond donors (Lipinski definition) is 1. The van der Waals surface area contributed by atoms with Crippen LogP contribution in [0.3, 0.4) is 0 Å². The van der Waals surface area contributed by atoms with E-state index in [-0.39, 0.29) is 5.57 Å². The van der Waals surface area contributed by atoms with Crippen LogP contribution >= 0.6 is 11.6 Å². The fourth-order valence-corrected chi connectivity index (χ4v) is 2.10. The van der Waals surface area contributed by atoms with E-state index in [0.717, 1.165) is 13.0 Å². The van der Waals surface area contributed by atoms with Crippen LogP contribution in [-0.4, -0.2) is 50.3 Å². The zero-order chi connectivity index (χ0) is 17.4. The number of nitriles is 1. The standard InChI is InChI=1S/C16H19ClN2O4/c1-19(2)5-4-6-23-15-13(17)8-11(9-14(15)22-3)7-12(10-18)16(20)21/h7-9H,4-6H2,1-3H3,(H,20,21). The van der Waals surface area contributed by atoms with E-state index in [1.165, 1.54) is 19.3 Å². The Labute approximate surface area is 140 Å². The third kappa shape index (κ3) is 5.81. The van der Waals surface area contributed by atoms with E-state index >= 15 is 0 Å². The third-order valence-electron chi connectivity index (χ3n) is 2.91. The molecule has 1 aromatic rings. The Balaban J connectivity index is 2.99. The summed E-state index contributed by atoms with van der Waals surface area (Å²) in [5, 5.41) is 18.0. The summed E-state index contributed by atoms with van der Waals surface area (Å²) in [5.74, 6) is -0.512. The van der Waals surface area contributed by atoms with Crippen molar-refractivity contribution in [3.05, 3.63) is 28.3 Å². The van der Waals surface area contributed by atoms with Gasteiger partial charge in [0.1, 0.15) is 11.6 Å². The molecule has 0 aromatic heterocycles. The number of benzene rings is 1. The van der Waals surface area contributed by atoms with Gasteiger partial charge in [0.2, 0.25) is 0 Å². The van der Waals surface area contributed by atoms with Gasteiger partial charge in [0, 0.05) is 6.54 Å². The molecule has 7 heteroatoms. The van der Waals surface area contributed by atoms with Crippen molar-refractivity contribution in [3.63, 3.8) is 0 Å². The lowest BCUT2D eigenvalue weighted by atomic mass is 10.1. The van der Waals surface area contributed by atoms with Crippen LogP contribution in [0.5, 0.6) is 11.5 Å². The normalized spacial score (nSPS) is 11.2. The molecule has 0 saturated carbocycles. The van der Waals surface area contributed by atoms with Crippen LogP contribution in [0, 0.1) is 11.3 Å². The lowest BCUT2D eigenvalue weighted by molar-refractivity contribution is -0.132. The summed E-state index contributed by atoms with van der Waals surface area (Å²) in [6.07, 6.45) is 2.05. The summed E-state index contributed by atoms with van der Waals surface area (Å²) in [6.45, 7) is 1.35. The quantitative estimate of drug-likeness (QED) is 0.446. The maximum atomic E-state index is 10.9. The Morgan fingerprint density at radius 1 is 1.48 bits per heavy atom. The number of carboxylic acids is 1. The summed E-state index contributed by atoms with van der Waals surface area (Å²) in [7, 11) is 5.42. The van der Waals surface area contributed by atoms with E-state index < -0.39 is 5.97 Å². The molecular formula is C16H19ClN2O4. The van der Waals surface area contributed by atoms with Crippen LogP contribution in [0.2, 0.25) is 5.02 Å². The van der Waals surface area contributed by atoms with Crippen LogP contribution in [0.25, 0.3) is 6.08 Å². The summed E-state index contributed by atoms with van der Waals surface area (Å²) in [6, 6.07) is 4.73. The second kappa shape index (κ2) is 9.03. The van der Waals surface area contributed by atoms with E-state index in [0.29, 0.717) is 28.7 Å². The largest absolute Gasteiger partial charge is 0.493 e. The summed E-state index contributed by atoms with van der Waals surface area (Å²) >= 11 is 6.19. The van der Waals surface area contributed by atoms with Crippen LogP contribution < -0.4 is 9.47 Å². The Hall–Kier alpha value is -2.23. The average molecular weight is 339 g/mol. The molecule has 0 radical (unpaired) electrons. The molecule has 1 aromatic carbocycles. The van der Waals surface area contributed by atoms with E-state index in [1.807, 2.05) is 19.0 Å². The molecule has 1 rings (SSSR count). The highest BCUT2D eigenvalue weighted by molar-refractivity contribution is 6.32. The van der Waals surface area contributed by atoms with Crippen molar-refractivity contribution in [2.24, 2.45) is 0 Å². The highest BCUT2D eigenvalue weighted by Gasteiger charge is 2.13. The first-order valence-electron chi connectivity index (χ1n) is 6.89. The van der Waals surface area contributed by atoms with Gasteiger partial charge in [-0.3, -0.25) is 0 Å². The van der Waals surface area contributed by atoms with Gasteiger partial charge in [-0.25, -0.2) is 4.79 Å². The summed E-state index contributed by atoms with van der Waals surface area (Å²) in [5.41, 5.74) is 0.0641. The SMILES string of the molecule is COc1cc(C=C(C#N)C(=O)O)cc(Cl)c1OCCCN(C)C. The maximum absolute atomic E-state index is 10.9. The Bertz CT molecular complexity index is 636. The molecule has 0 amide bonds. The van der Waals surface area contributed by atoms with Gasteiger partial charge in [0.15, 0.2) is 11.5 Å². The summed E-state index contributed by atoms with van der Waals surface area (Å²) < 4.78 is 10.9. The van der Waals surface area contributed by atoms with Crippen molar-refractivity contribution in [1.82, 2.24) is 4.90 Å². The lowest BCUT2D eigenvalue weighted by Crippen LogP contribution is -2.15. The fraction of sp³-hybridized carbons (Fsp3) is 0.375. The Morgan fingerprint density at radius 3 is 2.70 bits per heavy atom. The van der Waals surface area contributed by atoms with Crippen molar-refractivity contribution in [3.8, 4) is 17.6 Å². The number of hydrogen-bond acceptors (Lipinski definition) is 5. The number of aliphatic carboxylic acids is 1. The highest BCUT2D eigenvalue weighted by Crippen LogP contribution is 2.37. The minimum Gasteiger partial charge on any atom is -0.493 e. The van der Waals surface area contributed by atoms with Crippen LogP contribution in [0.4, 0.5) is 0 Å². The van der Waals surface area contributed by atoms with Gasteiger partial charge in [0.05, 0.1) is 18.7 Å². The minimum absolute atomic E-state index is 0.295. The number of halogens is 1. The summed E-state index contributed by atoms with van der Waals surface area (Å²) in [4.78, 5) is 12.9. The molecule has 0 atom stereocenters. The molecule has 23 heavy (non-hydrogen) atoms. The molecule has 0 fully saturated rings. The number of rotatable bonds is 8. The molecular weight excluding hydrogens is 320 g/mol. The van der Waals surface area contributed by atoms with Crippen LogP contribution in [-0.2, 0) is 4.79 Å². The minimum atomic E-state index is -1.30. The van der Waals surface area contributed by atoms with Gasteiger partial charge in [-0.05, 0) is 44.3 Å². The number of ether oxygens (including phenoxy) is 2. The van der Waals surface area contributed by atoms with Crippen molar-refractivity contribution >= 4 is 23.6 Å². The highest BCUT2D eigenvalue weighted by atomic mass is 35.5. The third-order valence-corrected chi connectivity index (χ3v) is 3.19. The number of carbonyl (C=O) groups is 1. The molecule has 1 N–H and O–H groups in total. The predicted molar refractivity (Wildman–Crippen MR) is 87.9 cm³/mol. The van der Waals surface area contributed by atoms with E-state index in [9.17, 15) is 4.79 Å². The smallest absolute Gasteiger partial charge is 0.346 e. The van der Waals surface area contributed by atoms with Crippen LogP contribution in [0.15, 0.2) is 17.7 Å². The topological polar surface area (TPSA) is 82.8 Å². The van der Waals surface area contributed by atoms with Crippen molar-refractivity contribution in [2.45, 2.75) is 6.42 Å². The van der Waals surface area contributed by atoms with E-state index in [1.54, 1.807) is 12.1 Å². The second-order valence-corrected chi connectivity index (χ2v) is 5.42. The van der Waals surface area contributed by atoms with Gasteiger partial charge in [0.25, 0.3) is 0 Å². The Kier molecular flexibility index (Phi) is 7.39. The van der Waals surface area contributed by atoms with Gasteiger partial charge >= 0.3 is 5.97 Å². The van der Waals surface area contributed by atoms with Gasteiger partial charge in [-0.1, -0.05) is 11.6 Å². The van der Waals surface area contributed by atoms with Crippen molar-refractivity contribution in [1.29, 1.82) is 5.26 Å². The molecule has 0 aliphatic carbocycles. The molecule has 0 saturated heterocycles. The van der Waals surface area contributed by atoms with Crippen LogP contribution in [0.1, 0.15) is 12.0 Å². The first kappa shape index (κ1) is 18.8. The fourth-order valence-electron chi connectivity index (χ4n) is 1.83. The number of nitrogens with zero attached hydrogens (tertiary/aromatic N) is 2. The van der Waals surface area contributed by atoms with Crippen molar-refractivity contribution < 1.29 is 19.4 Å². The molecule has 0 heterocycles. The second-order valence-electron chi connectivity index (χ2n) is 5.01. The average Bonchev–Trinajstić information content (AvgIpc) is 2.49. The lowest BCUT2D eigenvalue weighted by Gasteiger charge is -2.14. The molecule has 6 nitrogen and oxygen atoms in total. The first-order chi connectivity index (χ1) is 10.9. The van der Waals surface area contributed by atoms with Gasteiger partial charge in [-0.2, -0.15) is 5.26 Å². The Morgan fingerprint density at radius 2 is 2.17 bits per heavy atom. The molecule has 0 unspecified atom stereocenters.